The predicted molar refractivity (Wildman–Crippen MR) is 51.6 cm³/mol. The van der Waals surface area contributed by atoms with Crippen LogP contribution in [0.25, 0.3) is 0 Å². The van der Waals surface area contributed by atoms with E-state index < -0.39 is 11.6 Å². The Hall–Kier alpha value is -1.40. The molecule has 1 rings (SSSR count). The zero-order chi connectivity index (χ0) is 10.6. The number of benzene rings is 1. The average molecular weight is 195 g/mol. The molecule has 14 heavy (non-hydrogen) atoms. The first kappa shape index (κ1) is 10.7. The molecule has 0 aliphatic rings. The SMILES string of the molecule is C#CCC(NC)c1cccc(F)c1F. The molecule has 0 bridgehead atoms. The minimum absolute atomic E-state index is 0.269. The van der Waals surface area contributed by atoms with E-state index >= 15 is 0 Å². The van der Waals surface area contributed by atoms with Gasteiger partial charge in [-0.15, -0.1) is 12.3 Å². The van der Waals surface area contributed by atoms with E-state index in [2.05, 4.69) is 11.2 Å². The molecule has 1 aromatic rings. The third-order valence-electron chi connectivity index (χ3n) is 2.03. The van der Waals surface area contributed by atoms with Crippen molar-refractivity contribution >= 4 is 0 Å². The van der Waals surface area contributed by atoms with Crippen molar-refractivity contribution in [2.45, 2.75) is 12.5 Å². The summed E-state index contributed by atoms with van der Waals surface area (Å²) < 4.78 is 26.1. The Kier molecular flexibility index (Phi) is 3.61. The summed E-state index contributed by atoms with van der Waals surface area (Å²) in [6.45, 7) is 0. The van der Waals surface area contributed by atoms with Crippen molar-refractivity contribution in [3.63, 3.8) is 0 Å². The second-order valence-electron chi connectivity index (χ2n) is 2.89. The highest BCUT2D eigenvalue weighted by atomic mass is 19.2. The van der Waals surface area contributed by atoms with Crippen LogP contribution in [0.5, 0.6) is 0 Å². The van der Waals surface area contributed by atoms with E-state index in [1.54, 1.807) is 7.05 Å². The van der Waals surface area contributed by atoms with E-state index in [9.17, 15) is 8.78 Å². The summed E-state index contributed by atoms with van der Waals surface area (Å²) in [5.41, 5.74) is 0.269. The molecule has 0 saturated carbocycles. The highest BCUT2D eigenvalue weighted by Crippen LogP contribution is 2.21. The Labute approximate surface area is 82.1 Å². The van der Waals surface area contributed by atoms with Crippen LogP contribution < -0.4 is 5.32 Å². The van der Waals surface area contributed by atoms with Gasteiger partial charge in [0.25, 0.3) is 0 Å². The van der Waals surface area contributed by atoms with Crippen LogP contribution in [-0.4, -0.2) is 7.05 Å². The Bertz CT molecular complexity index is 355. The van der Waals surface area contributed by atoms with Gasteiger partial charge in [-0.1, -0.05) is 12.1 Å². The van der Waals surface area contributed by atoms with Gasteiger partial charge in [0.2, 0.25) is 0 Å². The molecule has 1 aromatic carbocycles. The van der Waals surface area contributed by atoms with Gasteiger partial charge in [-0.3, -0.25) is 0 Å². The van der Waals surface area contributed by atoms with Crippen molar-refractivity contribution in [2.75, 3.05) is 7.05 Å². The Balaban J connectivity index is 3.05. The van der Waals surface area contributed by atoms with Crippen LogP contribution in [0.15, 0.2) is 18.2 Å². The number of rotatable bonds is 3. The lowest BCUT2D eigenvalue weighted by atomic mass is 10.0. The second-order valence-corrected chi connectivity index (χ2v) is 2.89. The Morgan fingerprint density at radius 2 is 2.21 bits per heavy atom. The van der Waals surface area contributed by atoms with Gasteiger partial charge in [-0.2, -0.15) is 0 Å². The normalized spacial score (nSPS) is 12.1. The average Bonchev–Trinajstić information content (AvgIpc) is 2.19. The number of hydrogen-bond acceptors (Lipinski definition) is 1. The molecular formula is C11H11F2N. The lowest BCUT2D eigenvalue weighted by Crippen LogP contribution is -2.17. The fourth-order valence-corrected chi connectivity index (χ4v) is 1.27. The van der Waals surface area contributed by atoms with Gasteiger partial charge in [0.15, 0.2) is 11.6 Å². The zero-order valence-corrected chi connectivity index (χ0v) is 7.85. The van der Waals surface area contributed by atoms with E-state index in [0.29, 0.717) is 6.42 Å². The Morgan fingerprint density at radius 3 is 2.79 bits per heavy atom. The van der Waals surface area contributed by atoms with Gasteiger partial charge in [0.05, 0.1) is 0 Å². The number of halogens is 2. The third-order valence-corrected chi connectivity index (χ3v) is 2.03. The molecule has 0 aliphatic carbocycles. The maximum atomic E-state index is 13.3. The van der Waals surface area contributed by atoms with Crippen molar-refractivity contribution in [3.8, 4) is 12.3 Å². The fourth-order valence-electron chi connectivity index (χ4n) is 1.27. The van der Waals surface area contributed by atoms with Gasteiger partial charge in [0, 0.05) is 18.0 Å². The lowest BCUT2D eigenvalue weighted by Gasteiger charge is -2.14. The van der Waals surface area contributed by atoms with Crippen LogP contribution in [0, 0.1) is 24.0 Å². The summed E-state index contributed by atoms with van der Waals surface area (Å²) in [4.78, 5) is 0. The van der Waals surface area contributed by atoms with Crippen molar-refractivity contribution in [1.82, 2.24) is 5.32 Å². The van der Waals surface area contributed by atoms with Crippen molar-refractivity contribution in [2.24, 2.45) is 0 Å². The number of terminal acetylenes is 1. The maximum absolute atomic E-state index is 13.3. The van der Waals surface area contributed by atoms with E-state index in [4.69, 9.17) is 6.42 Å². The minimum atomic E-state index is -0.847. The topological polar surface area (TPSA) is 12.0 Å². The molecule has 1 nitrogen and oxygen atoms in total. The molecular weight excluding hydrogens is 184 g/mol. The first-order chi connectivity index (χ1) is 6.70. The molecule has 0 aliphatic heterocycles. The molecule has 0 saturated heterocycles. The van der Waals surface area contributed by atoms with Gasteiger partial charge < -0.3 is 5.32 Å². The standard InChI is InChI=1S/C11H11F2N/c1-3-5-10(14-2)8-6-4-7-9(12)11(8)13/h1,4,6-7,10,14H,5H2,2H3. The monoisotopic (exact) mass is 195 g/mol. The first-order valence-electron chi connectivity index (χ1n) is 4.25. The van der Waals surface area contributed by atoms with Gasteiger partial charge in [-0.05, 0) is 13.1 Å². The van der Waals surface area contributed by atoms with E-state index in [1.807, 2.05) is 0 Å². The largest absolute Gasteiger partial charge is 0.312 e. The van der Waals surface area contributed by atoms with Crippen LogP contribution in [0.2, 0.25) is 0 Å². The molecule has 0 aromatic heterocycles. The molecule has 0 heterocycles. The highest BCUT2D eigenvalue weighted by molar-refractivity contribution is 5.23. The minimum Gasteiger partial charge on any atom is -0.312 e. The van der Waals surface area contributed by atoms with Gasteiger partial charge >= 0.3 is 0 Å². The van der Waals surface area contributed by atoms with Crippen molar-refractivity contribution < 1.29 is 8.78 Å². The maximum Gasteiger partial charge on any atom is 0.163 e. The van der Waals surface area contributed by atoms with Crippen LogP contribution in [0.3, 0.4) is 0 Å². The lowest BCUT2D eigenvalue weighted by molar-refractivity contribution is 0.476. The van der Waals surface area contributed by atoms with Crippen LogP contribution in [0.1, 0.15) is 18.0 Å². The highest BCUT2D eigenvalue weighted by Gasteiger charge is 2.15. The molecule has 0 radical (unpaired) electrons. The third kappa shape index (κ3) is 2.09. The molecule has 0 fully saturated rings. The van der Waals surface area contributed by atoms with Crippen LogP contribution in [-0.2, 0) is 0 Å². The van der Waals surface area contributed by atoms with Crippen LogP contribution >= 0.6 is 0 Å². The smallest absolute Gasteiger partial charge is 0.163 e. The molecule has 0 spiro atoms. The van der Waals surface area contributed by atoms with E-state index in [1.165, 1.54) is 12.1 Å². The first-order valence-corrected chi connectivity index (χ1v) is 4.25. The second kappa shape index (κ2) is 4.73. The summed E-state index contributed by atoms with van der Waals surface area (Å²) in [5, 5.41) is 2.84. The molecule has 3 heteroatoms. The zero-order valence-electron chi connectivity index (χ0n) is 7.85. The summed E-state index contributed by atoms with van der Waals surface area (Å²) in [6, 6.07) is 3.74. The summed E-state index contributed by atoms with van der Waals surface area (Å²) in [5.74, 6) is 0.733. The predicted octanol–water partition coefficient (Wildman–Crippen LogP) is 2.25. The number of nitrogens with one attached hydrogen (secondary N) is 1. The summed E-state index contributed by atoms with van der Waals surface area (Å²) in [6.07, 6.45) is 5.45. The quantitative estimate of drug-likeness (QED) is 0.729. The Morgan fingerprint density at radius 1 is 1.50 bits per heavy atom. The van der Waals surface area contributed by atoms with Crippen LogP contribution in [0.4, 0.5) is 8.78 Å². The molecule has 1 N–H and O–H groups in total. The van der Waals surface area contributed by atoms with Gasteiger partial charge in [0.1, 0.15) is 0 Å². The molecule has 1 unspecified atom stereocenters. The molecule has 74 valence electrons. The molecule has 0 amide bonds. The summed E-state index contributed by atoms with van der Waals surface area (Å²) in [7, 11) is 1.66. The van der Waals surface area contributed by atoms with E-state index in [0.717, 1.165) is 6.07 Å². The molecule has 1 atom stereocenters. The van der Waals surface area contributed by atoms with Gasteiger partial charge in [-0.25, -0.2) is 8.78 Å². The van der Waals surface area contributed by atoms with E-state index in [-0.39, 0.29) is 11.6 Å². The van der Waals surface area contributed by atoms with Crippen molar-refractivity contribution in [3.05, 3.63) is 35.4 Å². The fraction of sp³-hybridized carbons (Fsp3) is 0.273. The summed E-state index contributed by atoms with van der Waals surface area (Å²) >= 11 is 0. The van der Waals surface area contributed by atoms with Crippen molar-refractivity contribution in [1.29, 1.82) is 0 Å². The number of hydrogen-bond donors (Lipinski definition) is 1.